The summed E-state index contributed by atoms with van der Waals surface area (Å²) in [6, 6.07) is 4.19. The van der Waals surface area contributed by atoms with Gasteiger partial charge in [-0.2, -0.15) is 0 Å². The maximum absolute atomic E-state index is 13.5. The van der Waals surface area contributed by atoms with Gasteiger partial charge in [0.1, 0.15) is 5.82 Å². The van der Waals surface area contributed by atoms with Gasteiger partial charge in [-0.05, 0) is 23.2 Å². The molecule has 0 unspecified atom stereocenters. The van der Waals surface area contributed by atoms with E-state index in [0.717, 1.165) is 37.6 Å². The van der Waals surface area contributed by atoms with Gasteiger partial charge in [0.2, 0.25) is 0 Å². The van der Waals surface area contributed by atoms with Crippen LogP contribution in [0.4, 0.5) is 4.39 Å². The minimum absolute atomic E-state index is 0.181. The molecule has 0 aliphatic carbocycles. The molecular formula is C14H19BFNO4. The van der Waals surface area contributed by atoms with Gasteiger partial charge in [-0.25, -0.2) is 4.39 Å². The zero-order chi connectivity index (χ0) is 14.9. The number of piperidine rings is 1. The van der Waals surface area contributed by atoms with E-state index < -0.39 is 18.7 Å². The minimum Gasteiger partial charge on any atom is -0.423 e. The number of nitrogens with zero attached hydrogens (tertiary/aromatic N) is 1. The van der Waals surface area contributed by atoms with Crippen LogP contribution in [0.2, 0.25) is 0 Å². The zero-order valence-electron chi connectivity index (χ0n) is 11.8. The van der Waals surface area contributed by atoms with Crippen LogP contribution in [0.15, 0.2) is 18.2 Å². The summed E-state index contributed by atoms with van der Waals surface area (Å²) in [5.41, 5.74) is 0.920. The van der Waals surface area contributed by atoms with Crippen LogP contribution in [0.25, 0.3) is 0 Å². The molecule has 2 fully saturated rings. The van der Waals surface area contributed by atoms with Crippen molar-refractivity contribution in [2.24, 2.45) is 0 Å². The molecule has 5 nitrogen and oxygen atoms in total. The average Bonchev–Trinajstić information content (AvgIpc) is 2.89. The third kappa shape index (κ3) is 3.44. The highest BCUT2D eigenvalue weighted by Gasteiger charge is 2.39. The Kier molecular flexibility index (Phi) is 4.28. The van der Waals surface area contributed by atoms with Crippen molar-refractivity contribution in [2.45, 2.75) is 25.2 Å². The van der Waals surface area contributed by atoms with E-state index in [1.165, 1.54) is 6.07 Å². The average molecular weight is 295 g/mol. The molecule has 21 heavy (non-hydrogen) atoms. The molecule has 0 amide bonds. The second kappa shape index (κ2) is 6.02. The molecule has 2 heterocycles. The van der Waals surface area contributed by atoms with Crippen molar-refractivity contribution in [3.05, 3.63) is 29.6 Å². The van der Waals surface area contributed by atoms with E-state index in [-0.39, 0.29) is 5.46 Å². The fourth-order valence-corrected chi connectivity index (χ4v) is 3.01. The van der Waals surface area contributed by atoms with E-state index >= 15 is 0 Å². The maximum atomic E-state index is 13.5. The summed E-state index contributed by atoms with van der Waals surface area (Å²) in [6.45, 7) is 3.51. The molecule has 0 atom stereocenters. The van der Waals surface area contributed by atoms with Crippen LogP contribution in [0.3, 0.4) is 0 Å². The van der Waals surface area contributed by atoms with Crippen LogP contribution >= 0.6 is 0 Å². The topological polar surface area (TPSA) is 62.2 Å². The van der Waals surface area contributed by atoms with Gasteiger partial charge in [0, 0.05) is 32.5 Å². The van der Waals surface area contributed by atoms with E-state index in [0.29, 0.717) is 19.8 Å². The summed E-state index contributed by atoms with van der Waals surface area (Å²) < 4.78 is 24.9. The van der Waals surface area contributed by atoms with E-state index in [2.05, 4.69) is 4.90 Å². The molecule has 3 rings (SSSR count). The minimum atomic E-state index is -1.65. The summed E-state index contributed by atoms with van der Waals surface area (Å²) in [5.74, 6) is -0.864. The van der Waals surface area contributed by atoms with Gasteiger partial charge < -0.3 is 19.5 Å². The third-order valence-electron chi connectivity index (χ3n) is 4.12. The van der Waals surface area contributed by atoms with Crippen molar-refractivity contribution in [3.63, 3.8) is 0 Å². The Labute approximate surface area is 123 Å². The van der Waals surface area contributed by atoms with Gasteiger partial charge in [0.15, 0.2) is 5.79 Å². The van der Waals surface area contributed by atoms with E-state index in [1.54, 1.807) is 6.07 Å². The van der Waals surface area contributed by atoms with E-state index in [4.69, 9.17) is 19.5 Å². The summed E-state index contributed by atoms with van der Waals surface area (Å²) in [7, 11) is -1.65. The van der Waals surface area contributed by atoms with Crippen LogP contribution in [-0.4, -0.2) is 54.2 Å². The van der Waals surface area contributed by atoms with Crippen molar-refractivity contribution in [1.29, 1.82) is 0 Å². The second-order valence-corrected chi connectivity index (χ2v) is 5.65. The lowest BCUT2D eigenvalue weighted by molar-refractivity contribution is -0.185. The fraction of sp³-hybridized carbons (Fsp3) is 0.571. The molecule has 1 aromatic carbocycles. The first kappa shape index (κ1) is 14.9. The van der Waals surface area contributed by atoms with Gasteiger partial charge >= 0.3 is 7.12 Å². The first-order valence-corrected chi connectivity index (χ1v) is 7.22. The monoisotopic (exact) mass is 295 g/mol. The summed E-state index contributed by atoms with van der Waals surface area (Å²) in [5, 5.41) is 18.3. The summed E-state index contributed by atoms with van der Waals surface area (Å²) in [4.78, 5) is 2.19. The Morgan fingerprint density at radius 1 is 1.14 bits per heavy atom. The Balaban J connectivity index is 1.62. The lowest BCUT2D eigenvalue weighted by atomic mass is 9.79. The number of ether oxygens (including phenoxy) is 2. The largest absolute Gasteiger partial charge is 0.488 e. The molecule has 0 radical (unpaired) electrons. The molecule has 114 valence electrons. The lowest BCUT2D eigenvalue weighted by Gasteiger charge is -2.37. The molecule has 7 heteroatoms. The van der Waals surface area contributed by atoms with Crippen molar-refractivity contribution >= 4 is 12.6 Å². The van der Waals surface area contributed by atoms with Crippen LogP contribution < -0.4 is 5.46 Å². The highest BCUT2D eigenvalue weighted by atomic mass is 19.1. The maximum Gasteiger partial charge on any atom is 0.488 e. The van der Waals surface area contributed by atoms with Gasteiger partial charge in [0.05, 0.1) is 13.2 Å². The first-order chi connectivity index (χ1) is 10.1. The van der Waals surface area contributed by atoms with Gasteiger partial charge in [-0.1, -0.05) is 6.07 Å². The summed E-state index contributed by atoms with van der Waals surface area (Å²) >= 11 is 0. The third-order valence-corrected chi connectivity index (χ3v) is 4.12. The number of likely N-dealkylation sites (tertiary alicyclic amines) is 1. The zero-order valence-corrected chi connectivity index (χ0v) is 11.8. The molecule has 2 aliphatic rings. The highest BCUT2D eigenvalue weighted by molar-refractivity contribution is 6.58. The molecule has 0 aromatic heterocycles. The predicted molar refractivity (Wildman–Crippen MR) is 75.4 cm³/mol. The molecule has 1 aromatic rings. The SMILES string of the molecule is OB(O)c1cc(F)cc(CN2CCC3(CC2)OCCO3)c1. The van der Waals surface area contributed by atoms with Crippen LogP contribution in [0.5, 0.6) is 0 Å². The molecule has 2 aliphatic heterocycles. The van der Waals surface area contributed by atoms with Crippen molar-refractivity contribution in [2.75, 3.05) is 26.3 Å². The van der Waals surface area contributed by atoms with Crippen molar-refractivity contribution in [3.8, 4) is 0 Å². The number of rotatable bonds is 3. The second-order valence-electron chi connectivity index (χ2n) is 5.65. The smallest absolute Gasteiger partial charge is 0.423 e. The molecule has 1 spiro atoms. The number of halogens is 1. The Morgan fingerprint density at radius 2 is 1.81 bits per heavy atom. The van der Waals surface area contributed by atoms with Crippen LogP contribution in [0, 0.1) is 5.82 Å². The summed E-state index contributed by atoms with van der Waals surface area (Å²) in [6.07, 6.45) is 1.61. The first-order valence-electron chi connectivity index (χ1n) is 7.22. The molecule has 2 saturated heterocycles. The predicted octanol–water partition coefficient (Wildman–Crippen LogP) is -0.156. The molecular weight excluding hydrogens is 276 g/mol. The fourth-order valence-electron chi connectivity index (χ4n) is 3.01. The van der Waals surface area contributed by atoms with Crippen LogP contribution in [0.1, 0.15) is 18.4 Å². The number of hydrogen-bond donors (Lipinski definition) is 2. The van der Waals surface area contributed by atoms with Gasteiger partial charge in [-0.3, -0.25) is 4.90 Å². The Morgan fingerprint density at radius 3 is 2.43 bits per heavy atom. The highest BCUT2D eigenvalue weighted by Crippen LogP contribution is 2.31. The number of hydrogen-bond acceptors (Lipinski definition) is 5. The Bertz CT molecular complexity index is 498. The number of benzene rings is 1. The molecule has 0 saturated carbocycles. The standard InChI is InChI=1S/C14H19BFNO4/c16-13-8-11(7-12(9-13)15(18)19)10-17-3-1-14(2-4-17)20-5-6-21-14/h7-9,18-19H,1-6,10H2. The normalized spacial score (nSPS) is 21.9. The van der Waals surface area contributed by atoms with Crippen molar-refractivity contribution in [1.82, 2.24) is 4.90 Å². The van der Waals surface area contributed by atoms with Gasteiger partial charge in [-0.15, -0.1) is 0 Å². The Hall–Kier alpha value is -0.985. The van der Waals surface area contributed by atoms with E-state index in [9.17, 15) is 4.39 Å². The quantitative estimate of drug-likeness (QED) is 0.759. The van der Waals surface area contributed by atoms with Crippen LogP contribution in [-0.2, 0) is 16.0 Å². The van der Waals surface area contributed by atoms with E-state index in [1.807, 2.05) is 0 Å². The molecule has 2 N–H and O–H groups in total. The lowest BCUT2D eigenvalue weighted by Crippen LogP contribution is -2.44. The molecule has 0 bridgehead atoms. The van der Waals surface area contributed by atoms with Gasteiger partial charge in [0.25, 0.3) is 0 Å². The van der Waals surface area contributed by atoms with Crippen molar-refractivity contribution < 1.29 is 23.9 Å².